The van der Waals surface area contributed by atoms with Gasteiger partial charge in [0.15, 0.2) is 23.2 Å². The molecule has 0 N–H and O–H groups in total. The molecule has 0 amide bonds. The molecule has 4 heteroatoms. The van der Waals surface area contributed by atoms with Crippen LogP contribution in [0, 0.1) is 41.1 Å². The van der Waals surface area contributed by atoms with Crippen LogP contribution in [0.1, 0.15) is 116 Å². The average Bonchev–Trinajstić information content (AvgIpc) is 2.91. The van der Waals surface area contributed by atoms with Crippen LogP contribution in [0.25, 0.3) is 10.8 Å². The van der Waals surface area contributed by atoms with E-state index in [1.807, 2.05) is 6.92 Å². The van der Waals surface area contributed by atoms with Crippen LogP contribution in [0.3, 0.4) is 0 Å². The molecular weight excluding hydrogens is 469 g/mol. The Bertz CT molecular complexity index is 987. The van der Waals surface area contributed by atoms with Crippen LogP contribution in [-0.4, -0.2) is 6.61 Å². The lowest BCUT2D eigenvalue weighted by molar-refractivity contribution is 0.209. The van der Waals surface area contributed by atoms with E-state index in [9.17, 15) is 13.2 Å². The van der Waals surface area contributed by atoms with Gasteiger partial charge in [-0.3, -0.25) is 0 Å². The van der Waals surface area contributed by atoms with Gasteiger partial charge in [0.05, 0.1) is 12.0 Å². The van der Waals surface area contributed by atoms with Gasteiger partial charge in [-0.15, -0.1) is 0 Å². The summed E-state index contributed by atoms with van der Waals surface area (Å²) < 4.78 is 50.2. The van der Waals surface area contributed by atoms with E-state index in [0.29, 0.717) is 29.9 Å². The third-order valence-electron chi connectivity index (χ3n) is 9.35. The predicted molar refractivity (Wildman–Crippen MR) is 148 cm³/mol. The zero-order valence-electron chi connectivity index (χ0n) is 23.1. The summed E-state index contributed by atoms with van der Waals surface area (Å²) in [6.07, 6.45) is 19.3. The molecular formula is C33H47F3O. The number of ether oxygens (including phenoxy) is 1. The molecule has 0 unspecified atom stereocenters. The van der Waals surface area contributed by atoms with Crippen LogP contribution in [0.15, 0.2) is 18.2 Å². The molecule has 4 rings (SSSR count). The average molecular weight is 517 g/mol. The van der Waals surface area contributed by atoms with Gasteiger partial charge >= 0.3 is 0 Å². The normalized spacial score (nSPS) is 24.5. The molecule has 0 aliphatic heterocycles. The second kappa shape index (κ2) is 13.9. The lowest BCUT2D eigenvalue weighted by atomic mass is 9.74. The van der Waals surface area contributed by atoms with Crippen molar-refractivity contribution in [1.82, 2.24) is 0 Å². The smallest absolute Gasteiger partial charge is 0.175 e. The van der Waals surface area contributed by atoms with E-state index in [1.54, 1.807) is 12.1 Å². The Morgan fingerprint density at radius 1 is 0.676 bits per heavy atom. The minimum Gasteiger partial charge on any atom is -0.490 e. The van der Waals surface area contributed by atoms with Crippen molar-refractivity contribution in [3.63, 3.8) is 0 Å². The Kier molecular flexibility index (Phi) is 10.6. The van der Waals surface area contributed by atoms with Gasteiger partial charge in [0.25, 0.3) is 0 Å². The molecule has 0 saturated heterocycles. The first-order valence-electron chi connectivity index (χ1n) is 15.2. The van der Waals surface area contributed by atoms with Crippen molar-refractivity contribution in [3.8, 4) is 5.75 Å². The van der Waals surface area contributed by atoms with Crippen LogP contribution in [-0.2, 0) is 6.42 Å². The molecule has 2 saturated carbocycles. The number of rotatable bonds is 12. The molecule has 2 aliphatic carbocycles. The van der Waals surface area contributed by atoms with Gasteiger partial charge in [-0.25, -0.2) is 13.2 Å². The molecule has 206 valence electrons. The first-order chi connectivity index (χ1) is 18.0. The van der Waals surface area contributed by atoms with Crippen LogP contribution in [0.4, 0.5) is 13.2 Å². The van der Waals surface area contributed by atoms with Gasteiger partial charge in [-0.2, -0.15) is 0 Å². The van der Waals surface area contributed by atoms with E-state index in [2.05, 4.69) is 6.92 Å². The molecule has 0 radical (unpaired) electrons. The maximum absolute atomic E-state index is 14.9. The Morgan fingerprint density at radius 3 is 1.81 bits per heavy atom. The van der Waals surface area contributed by atoms with Crippen LogP contribution in [0.2, 0.25) is 0 Å². The van der Waals surface area contributed by atoms with Gasteiger partial charge < -0.3 is 4.74 Å². The summed E-state index contributed by atoms with van der Waals surface area (Å²) in [6.45, 7) is 4.69. The van der Waals surface area contributed by atoms with Crippen molar-refractivity contribution in [2.75, 3.05) is 6.61 Å². The van der Waals surface area contributed by atoms with Crippen LogP contribution >= 0.6 is 0 Å². The Balaban J connectivity index is 1.25. The fourth-order valence-electron chi connectivity index (χ4n) is 6.89. The number of aryl methyl sites for hydroxylation is 1. The number of hydrogen-bond donors (Lipinski definition) is 0. The number of unbranched alkanes of at least 4 members (excludes halogenated alkanes) is 1. The quantitative estimate of drug-likeness (QED) is 0.255. The summed E-state index contributed by atoms with van der Waals surface area (Å²) in [5.74, 6) is 0.551. The number of fused-ring (bicyclic) bond motifs is 1. The maximum Gasteiger partial charge on any atom is 0.175 e. The van der Waals surface area contributed by atoms with Crippen molar-refractivity contribution in [1.29, 1.82) is 0 Å². The number of benzene rings is 2. The minimum absolute atomic E-state index is 0.00654. The molecule has 2 aromatic rings. The van der Waals surface area contributed by atoms with Crippen molar-refractivity contribution in [2.24, 2.45) is 23.7 Å². The van der Waals surface area contributed by atoms with Crippen LogP contribution in [0.5, 0.6) is 5.75 Å². The molecule has 0 heterocycles. The molecule has 1 nitrogen and oxygen atoms in total. The van der Waals surface area contributed by atoms with E-state index in [1.165, 1.54) is 83.1 Å². The number of hydrogen-bond acceptors (Lipinski definition) is 1. The van der Waals surface area contributed by atoms with Crippen molar-refractivity contribution < 1.29 is 17.9 Å². The highest BCUT2D eigenvalue weighted by molar-refractivity contribution is 5.86. The topological polar surface area (TPSA) is 9.23 Å². The standard InChI is InChI=1S/C33H47F3O/c1-3-5-21-37-29-20-19-27-22-28(31(34)33(36)30(27)32(29)35)18-17-26-15-13-25(14-16-26)12-11-24-9-7-23(6-4-2)8-10-24/h19-20,22-26H,3-18,21H2,1-2H3. The second-order valence-electron chi connectivity index (χ2n) is 12.0. The predicted octanol–water partition coefficient (Wildman–Crippen LogP) is 10.6. The lowest BCUT2D eigenvalue weighted by Gasteiger charge is -2.32. The third kappa shape index (κ3) is 7.45. The number of halogens is 3. The molecule has 2 fully saturated rings. The van der Waals surface area contributed by atoms with Crippen molar-refractivity contribution in [3.05, 3.63) is 41.2 Å². The van der Waals surface area contributed by atoms with E-state index in [-0.39, 0.29) is 11.1 Å². The van der Waals surface area contributed by atoms with Crippen LogP contribution < -0.4 is 4.74 Å². The summed E-state index contributed by atoms with van der Waals surface area (Å²) in [6, 6.07) is 4.81. The molecule has 0 spiro atoms. The maximum atomic E-state index is 14.9. The van der Waals surface area contributed by atoms with Gasteiger partial charge in [-0.1, -0.05) is 103 Å². The zero-order chi connectivity index (χ0) is 26.2. The fourth-order valence-corrected chi connectivity index (χ4v) is 6.89. The van der Waals surface area contributed by atoms with E-state index < -0.39 is 17.5 Å². The minimum atomic E-state index is -1.08. The van der Waals surface area contributed by atoms with E-state index >= 15 is 0 Å². The highest BCUT2D eigenvalue weighted by atomic mass is 19.2. The highest BCUT2D eigenvalue weighted by Crippen LogP contribution is 2.39. The molecule has 0 bridgehead atoms. The highest BCUT2D eigenvalue weighted by Gasteiger charge is 2.25. The zero-order valence-corrected chi connectivity index (χ0v) is 23.1. The van der Waals surface area contributed by atoms with Gasteiger partial charge in [0.1, 0.15) is 0 Å². The molecule has 37 heavy (non-hydrogen) atoms. The Labute approximate surface area is 222 Å². The van der Waals surface area contributed by atoms with E-state index in [0.717, 1.165) is 37.0 Å². The Morgan fingerprint density at radius 2 is 1.24 bits per heavy atom. The summed E-state index contributed by atoms with van der Waals surface area (Å²) in [4.78, 5) is 0. The van der Waals surface area contributed by atoms with E-state index in [4.69, 9.17) is 4.74 Å². The van der Waals surface area contributed by atoms with Crippen molar-refractivity contribution in [2.45, 2.75) is 117 Å². The van der Waals surface area contributed by atoms with Gasteiger partial charge in [-0.05, 0) is 66.0 Å². The lowest BCUT2D eigenvalue weighted by Crippen LogP contribution is -2.18. The largest absolute Gasteiger partial charge is 0.490 e. The molecule has 0 atom stereocenters. The summed E-state index contributed by atoms with van der Waals surface area (Å²) in [7, 11) is 0. The molecule has 2 aromatic carbocycles. The third-order valence-corrected chi connectivity index (χ3v) is 9.35. The second-order valence-corrected chi connectivity index (χ2v) is 12.0. The summed E-state index contributed by atoms with van der Waals surface area (Å²) in [5.41, 5.74) is 0.366. The first-order valence-corrected chi connectivity index (χ1v) is 15.2. The summed E-state index contributed by atoms with van der Waals surface area (Å²) >= 11 is 0. The Hall–Kier alpha value is -1.71. The van der Waals surface area contributed by atoms with Gasteiger partial charge in [0, 0.05) is 0 Å². The van der Waals surface area contributed by atoms with Gasteiger partial charge in [0.2, 0.25) is 0 Å². The molecule has 2 aliphatic rings. The molecule has 0 aromatic heterocycles. The summed E-state index contributed by atoms with van der Waals surface area (Å²) in [5, 5.41) is 0.108. The first kappa shape index (κ1) is 28.3. The SMILES string of the molecule is CCCCOc1ccc2cc(CCC3CCC(CCC4CCC(CCC)CC4)CC3)c(F)c(F)c2c1F. The fraction of sp³-hybridized carbons (Fsp3) is 0.697. The monoisotopic (exact) mass is 516 g/mol. The van der Waals surface area contributed by atoms with Crippen molar-refractivity contribution >= 4 is 10.8 Å².